The second kappa shape index (κ2) is 6.33. The van der Waals surface area contributed by atoms with Crippen molar-refractivity contribution in [1.82, 2.24) is 0 Å². The van der Waals surface area contributed by atoms with Gasteiger partial charge in [0.2, 0.25) is 0 Å². The topological polar surface area (TPSA) is 9.23 Å². The van der Waals surface area contributed by atoms with Gasteiger partial charge in [-0.1, -0.05) is 67.2 Å². The molecular weight excluding hydrogens is 280 g/mol. The summed E-state index contributed by atoms with van der Waals surface area (Å²) in [5, 5.41) is 0. The maximum Gasteiger partial charge on any atom is 0.0839 e. The molecule has 0 amide bonds. The first-order valence-electron chi connectivity index (χ1n) is 8.76. The number of ether oxygens (including phenoxy) is 1. The van der Waals surface area contributed by atoms with E-state index < -0.39 is 0 Å². The van der Waals surface area contributed by atoms with E-state index in [-0.39, 0.29) is 12.2 Å². The van der Waals surface area contributed by atoms with Gasteiger partial charge < -0.3 is 4.74 Å². The standard InChI is InChI=1S/C22H24O/c1-16-9-8-14-19-20(17-10-4-2-5-11-17)15-21(23-22(16)19)18-12-6-3-7-13-18/h2-7,10-13,19-22H,1,8-9,14-15H2. The zero-order valence-corrected chi connectivity index (χ0v) is 13.5. The van der Waals surface area contributed by atoms with Gasteiger partial charge in [-0.15, -0.1) is 0 Å². The highest BCUT2D eigenvalue weighted by Crippen LogP contribution is 2.49. The molecular formula is C22H24O. The molecule has 118 valence electrons. The summed E-state index contributed by atoms with van der Waals surface area (Å²) in [6, 6.07) is 21.7. The van der Waals surface area contributed by atoms with Gasteiger partial charge in [-0.3, -0.25) is 0 Å². The van der Waals surface area contributed by atoms with E-state index in [1.807, 2.05) is 0 Å². The minimum atomic E-state index is 0.178. The van der Waals surface area contributed by atoms with Crippen molar-refractivity contribution >= 4 is 0 Å². The summed E-state index contributed by atoms with van der Waals surface area (Å²) >= 11 is 0. The Morgan fingerprint density at radius 3 is 2.22 bits per heavy atom. The molecule has 1 aliphatic carbocycles. The summed E-state index contributed by atoms with van der Waals surface area (Å²) in [5.74, 6) is 1.15. The van der Waals surface area contributed by atoms with Gasteiger partial charge in [-0.05, 0) is 54.2 Å². The van der Waals surface area contributed by atoms with E-state index in [1.165, 1.54) is 29.5 Å². The quantitative estimate of drug-likeness (QED) is 0.651. The zero-order valence-electron chi connectivity index (χ0n) is 13.5. The molecule has 23 heavy (non-hydrogen) atoms. The second-order valence-electron chi connectivity index (χ2n) is 6.92. The molecule has 0 spiro atoms. The van der Waals surface area contributed by atoms with Crippen LogP contribution in [0.15, 0.2) is 72.8 Å². The van der Waals surface area contributed by atoms with Crippen LogP contribution in [0.25, 0.3) is 0 Å². The molecule has 1 saturated carbocycles. The molecule has 0 N–H and O–H groups in total. The molecule has 1 heteroatoms. The van der Waals surface area contributed by atoms with Gasteiger partial charge in [0.25, 0.3) is 0 Å². The van der Waals surface area contributed by atoms with Crippen LogP contribution in [0.2, 0.25) is 0 Å². The zero-order chi connectivity index (χ0) is 15.6. The second-order valence-corrected chi connectivity index (χ2v) is 6.92. The molecule has 4 unspecified atom stereocenters. The van der Waals surface area contributed by atoms with Crippen molar-refractivity contribution in [3.63, 3.8) is 0 Å². The fourth-order valence-electron chi connectivity index (χ4n) is 4.37. The summed E-state index contributed by atoms with van der Waals surface area (Å²) in [5.41, 5.74) is 4.05. The molecule has 0 radical (unpaired) electrons. The molecule has 0 aromatic heterocycles. The minimum absolute atomic E-state index is 0.178. The van der Waals surface area contributed by atoms with Crippen molar-refractivity contribution in [2.45, 2.75) is 43.8 Å². The largest absolute Gasteiger partial charge is 0.366 e. The van der Waals surface area contributed by atoms with Crippen LogP contribution in [-0.2, 0) is 4.74 Å². The van der Waals surface area contributed by atoms with E-state index in [0.717, 1.165) is 12.8 Å². The van der Waals surface area contributed by atoms with E-state index >= 15 is 0 Å². The van der Waals surface area contributed by atoms with Crippen molar-refractivity contribution in [2.75, 3.05) is 0 Å². The van der Waals surface area contributed by atoms with Gasteiger partial charge in [0.1, 0.15) is 0 Å². The summed E-state index contributed by atoms with van der Waals surface area (Å²) in [6.07, 6.45) is 5.09. The first kappa shape index (κ1) is 14.7. The maximum absolute atomic E-state index is 6.54. The number of benzene rings is 2. The van der Waals surface area contributed by atoms with E-state index in [2.05, 4.69) is 67.2 Å². The Bertz CT molecular complexity index is 661. The van der Waals surface area contributed by atoms with Gasteiger partial charge in [0, 0.05) is 0 Å². The molecule has 4 rings (SSSR count). The number of fused-ring (bicyclic) bond motifs is 1. The first-order valence-corrected chi connectivity index (χ1v) is 8.76. The van der Waals surface area contributed by atoms with Crippen LogP contribution < -0.4 is 0 Å². The fourth-order valence-corrected chi connectivity index (χ4v) is 4.37. The van der Waals surface area contributed by atoms with Gasteiger partial charge in [0.05, 0.1) is 12.2 Å². The Balaban J connectivity index is 1.69. The maximum atomic E-state index is 6.54. The SMILES string of the molecule is C=C1CCCC2C1OC(c1ccccc1)CC2c1ccccc1. The van der Waals surface area contributed by atoms with Crippen LogP contribution >= 0.6 is 0 Å². The molecule has 2 aliphatic rings. The third kappa shape index (κ3) is 2.86. The molecule has 1 aliphatic heterocycles. The van der Waals surface area contributed by atoms with Crippen molar-refractivity contribution < 1.29 is 4.74 Å². The fraction of sp³-hybridized carbons (Fsp3) is 0.364. The van der Waals surface area contributed by atoms with Crippen molar-refractivity contribution in [1.29, 1.82) is 0 Å². The van der Waals surface area contributed by atoms with Crippen molar-refractivity contribution in [3.8, 4) is 0 Å². The van der Waals surface area contributed by atoms with Crippen LogP contribution in [0, 0.1) is 5.92 Å². The lowest BCUT2D eigenvalue weighted by molar-refractivity contribution is -0.0871. The van der Waals surface area contributed by atoms with Gasteiger partial charge >= 0.3 is 0 Å². The lowest BCUT2D eigenvalue weighted by atomic mass is 9.69. The Kier molecular flexibility index (Phi) is 4.05. The van der Waals surface area contributed by atoms with Crippen molar-refractivity contribution in [2.24, 2.45) is 5.92 Å². The molecule has 1 heterocycles. The normalized spacial score (nSPS) is 30.7. The molecule has 0 bridgehead atoms. The van der Waals surface area contributed by atoms with E-state index in [1.54, 1.807) is 0 Å². The summed E-state index contributed by atoms with van der Waals surface area (Å²) in [7, 11) is 0. The first-order chi connectivity index (χ1) is 11.3. The predicted molar refractivity (Wildman–Crippen MR) is 94.3 cm³/mol. The Morgan fingerprint density at radius 1 is 0.870 bits per heavy atom. The molecule has 1 nitrogen and oxygen atoms in total. The van der Waals surface area contributed by atoms with Crippen LogP contribution in [0.4, 0.5) is 0 Å². The van der Waals surface area contributed by atoms with Crippen LogP contribution in [-0.4, -0.2) is 6.10 Å². The molecule has 2 fully saturated rings. The molecule has 2 aromatic carbocycles. The highest BCUT2D eigenvalue weighted by Gasteiger charge is 2.42. The monoisotopic (exact) mass is 304 g/mol. The minimum Gasteiger partial charge on any atom is -0.366 e. The predicted octanol–water partition coefficient (Wildman–Crippen LogP) is 5.66. The molecule has 4 atom stereocenters. The average Bonchev–Trinajstić information content (AvgIpc) is 2.63. The number of hydrogen-bond donors (Lipinski definition) is 0. The smallest absolute Gasteiger partial charge is 0.0839 e. The summed E-state index contributed by atoms with van der Waals surface area (Å²) < 4.78 is 6.54. The van der Waals surface area contributed by atoms with E-state index in [9.17, 15) is 0 Å². The van der Waals surface area contributed by atoms with Crippen LogP contribution in [0.3, 0.4) is 0 Å². The lowest BCUT2D eigenvalue weighted by Gasteiger charge is -2.46. The third-order valence-electron chi connectivity index (χ3n) is 5.52. The Hall–Kier alpha value is -1.86. The van der Waals surface area contributed by atoms with Gasteiger partial charge in [0.15, 0.2) is 0 Å². The van der Waals surface area contributed by atoms with Gasteiger partial charge in [-0.2, -0.15) is 0 Å². The number of rotatable bonds is 2. The Labute approximate surface area is 139 Å². The van der Waals surface area contributed by atoms with Gasteiger partial charge in [-0.25, -0.2) is 0 Å². The molecule has 1 saturated heterocycles. The summed E-state index contributed by atoms with van der Waals surface area (Å²) in [4.78, 5) is 0. The average molecular weight is 304 g/mol. The summed E-state index contributed by atoms with van der Waals surface area (Å²) in [6.45, 7) is 4.33. The Morgan fingerprint density at radius 2 is 1.52 bits per heavy atom. The highest BCUT2D eigenvalue weighted by molar-refractivity contribution is 5.27. The van der Waals surface area contributed by atoms with Crippen LogP contribution in [0.5, 0.6) is 0 Å². The van der Waals surface area contributed by atoms with Crippen molar-refractivity contribution in [3.05, 3.63) is 83.9 Å². The molecule has 2 aromatic rings. The van der Waals surface area contributed by atoms with E-state index in [0.29, 0.717) is 11.8 Å². The lowest BCUT2D eigenvalue weighted by Crippen LogP contribution is -2.40. The highest BCUT2D eigenvalue weighted by atomic mass is 16.5. The van der Waals surface area contributed by atoms with Crippen LogP contribution in [0.1, 0.15) is 48.8 Å². The van der Waals surface area contributed by atoms with E-state index in [4.69, 9.17) is 4.74 Å². The number of hydrogen-bond acceptors (Lipinski definition) is 1. The third-order valence-corrected chi connectivity index (χ3v) is 5.52.